The molecule has 1 heterocycles. The summed E-state index contributed by atoms with van der Waals surface area (Å²) in [5.74, 6) is 0.642. The van der Waals surface area contributed by atoms with Gasteiger partial charge in [-0.1, -0.05) is 26.0 Å². The Morgan fingerprint density at radius 2 is 2.23 bits per heavy atom. The van der Waals surface area contributed by atoms with Gasteiger partial charge in [-0.2, -0.15) is 0 Å². The first-order valence-corrected chi connectivity index (χ1v) is 8.41. The van der Waals surface area contributed by atoms with Crippen LogP contribution in [-0.2, 0) is 11.2 Å². The summed E-state index contributed by atoms with van der Waals surface area (Å²) < 4.78 is 14.0. The fourth-order valence-corrected chi connectivity index (χ4v) is 3.83. The molecule has 1 amide bonds. The van der Waals surface area contributed by atoms with Crippen molar-refractivity contribution in [1.29, 1.82) is 0 Å². The fourth-order valence-electron chi connectivity index (χ4n) is 3.83. The van der Waals surface area contributed by atoms with Crippen molar-refractivity contribution in [3.63, 3.8) is 0 Å². The number of amides is 1. The van der Waals surface area contributed by atoms with Crippen LogP contribution >= 0.6 is 0 Å². The van der Waals surface area contributed by atoms with Crippen molar-refractivity contribution in [1.82, 2.24) is 10.2 Å². The maximum Gasteiger partial charge on any atom is 0.222 e. The summed E-state index contributed by atoms with van der Waals surface area (Å²) in [4.78, 5) is 13.7. The first kappa shape index (κ1) is 15.5. The van der Waals surface area contributed by atoms with Gasteiger partial charge in [0.05, 0.1) is 0 Å². The lowest BCUT2D eigenvalue weighted by atomic mass is 9.80. The minimum Gasteiger partial charge on any atom is -0.341 e. The van der Waals surface area contributed by atoms with Gasteiger partial charge in [-0.25, -0.2) is 4.39 Å². The minimum absolute atomic E-state index is 0.0783. The number of hydrogen-bond donors (Lipinski definition) is 1. The van der Waals surface area contributed by atoms with Crippen LogP contribution < -0.4 is 5.32 Å². The van der Waals surface area contributed by atoms with Crippen molar-refractivity contribution in [3.05, 3.63) is 35.1 Å². The molecule has 3 rings (SSSR count). The standard InChI is InChI=1S/C18H25FN2O/c1-3-17(22)21-10-9-13(11-21)20-18-12(2)7-8-14-15(18)5-4-6-16(14)19/h4-6,12-13,18,20H,3,7-11H2,1-2H3/t12-,13+,18+/m1/s1. The van der Waals surface area contributed by atoms with Gasteiger partial charge in [0.1, 0.15) is 5.82 Å². The zero-order chi connectivity index (χ0) is 15.7. The highest BCUT2D eigenvalue weighted by Crippen LogP contribution is 2.36. The Morgan fingerprint density at radius 1 is 1.41 bits per heavy atom. The molecule has 120 valence electrons. The van der Waals surface area contributed by atoms with Crippen molar-refractivity contribution in [2.24, 2.45) is 5.92 Å². The molecule has 1 saturated heterocycles. The molecule has 3 atom stereocenters. The lowest BCUT2D eigenvalue weighted by molar-refractivity contribution is -0.129. The molecule has 1 fully saturated rings. The Labute approximate surface area is 131 Å². The summed E-state index contributed by atoms with van der Waals surface area (Å²) in [5.41, 5.74) is 1.98. The van der Waals surface area contributed by atoms with Crippen LogP contribution in [0.25, 0.3) is 0 Å². The monoisotopic (exact) mass is 304 g/mol. The molecule has 0 unspecified atom stereocenters. The van der Waals surface area contributed by atoms with Gasteiger partial charge in [0, 0.05) is 31.6 Å². The summed E-state index contributed by atoms with van der Waals surface area (Å²) in [6, 6.07) is 5.93. The number of nitrogens with one attached hydrogen (secondary N) is 1. The van der Waals surface area contributed by atoms with Gasteiger partial charge >= 0.3 is 0 Å². The van der Waals surface area contributed by atoms with Crippen LogP contribution in [0.2, 0.25) is 0 Å². The summed E-state index contributed by atoms with van der Waals surface area (Å²) >= 11 is 0. The second-order valence-corrected chi connectivity index (χ2v) is 6.65. The second kappa shape index (κ2) is 6.37. The fraction of sp³-hybridized carbons (Fsp3) is 0.611. The SMILES string of the molecule is CCC(=O)N1CC[C@H](N[C@@H]2c3cccc(F)c3CC[C@H]2C)C1. The molecule has 1 aromatic rings. The van der Waals surface area contributed by atoms with Crippen LogP contribution in [0.15, 0.2) is 18.2 Å². The van der Waals surface area contributed by atoms with Gasteiger partial charge in [0.25, 0.3) is 0 Å². The van der Waals surface area contributed by atoms with Gasteiger partial charge in [-0.05, 0) is 42.4 Å². The van der Waals surface area contributed by atoms with Crippen molar-refractivity contribution < 1.29 is 9.18 Å². The van der Waals surface area contributed by atoms with E-state index < -0.39 is 0 Å². The average molecular weight is 304 g/mol. The molecule has 22 heavy (non-hydrogen) atoms. The number of nitrogens with zero attached hydrogens (tertiary/aromatic N) is 1. The van der Waals surface area contributed by atoms with Crippen molar-refractivity contribution in [2.75, 3.05) is 13.1 Å². The number of fused-ring (bicyclic) bond motifs is 1. The van der Waals surface area contributed by atoms with Gasteiger partial charge in [0.2, 0.25) is 5.91 Å². The van der Waals surface area contributed by atoms with E-state index in [1.165, 1.54) is 0 Å². The molecule has 0 spiro atoms. The number of carbonyl (C=O) groups excluding carboxylic acids is 1. The van der Waals surface area contributed by atoms with E-state index in [2.05, 4.69) is 18.3 Å². The molecule has 0 bridgehead atoms. The molecule has 1 aromatic carbocycles. The highest BCUT2D eigenvalue weighted by atomic mass is 19.1. The molecule has 0 aromatic heterocycles. The van der Waals surface area contributed by atoms with Gasteiger partial charge in [-0.3, -0.25) is 4.79 Å². The molecule has 1 aliphatic carbocycles. The van der Waals surface area contributed by atoms with Crippen molar-refractivity contribution >= 4 is 5.91 Å². The quantitative estimate of drug-likeness (QED) is 0.931. The van der Waals surface area contributed by atoms with E-state index in [9.17, 15) is 9.18 Å². The normalized spacial score (nSPS) is 27.8. The molecular weight excluding hydrogens is 279 g/mol. The zero-order valence-corrected chi connectivity index (χ0v) is 13.4. The van der Waals surface area contributed by atoms with Crippen LogP contribution in [0.5, 0.6) is 0 Å². The summed E-state index contributed by atoms with van der Waals surface area (Å²) in [6.07, 6.45) is 3.39. The number of benzene rings is 1. The third-order valence-corrected chi connectivity index (χ3v) is 5.17. The largest absolute Gasteiger partial charge is 0.341 e. The summed E-state index contributed by atoms with van der Waals surface area (Å²) in [7, 11) is 0. The maximum atomic E-state index is 14.0. The molecule has 1 N–H and O–H groups in total. The van der Waals surface area contributed by atoms with E-state index in [0.29, 0.717) is 18.4 Å². The van der Waals surface area contributed by atoms with Crippen molar-refractivity contribution in [2.45, 2.75) is 51.6 Å². The Morgan fingerprint density at radius 3 is 3.00 bits per heavy atom. The van der Waals surface area contributed by atoms with E-state index in [1.807, 2.05) is 17.9 Å². The molecule has 0 saturated carbocycles. The Hall–Kier alpha value is -1.42. The summed E-state index contributed by atoms with van der Waals surface area (Å²) in [5, 5.41) is 3.70. The molecular formula is C18H25FN2O. The highest BCUT2D eigenvalue weighted by molar-refractivity contribution is 5.76. The summed E-state index contributed by atoms with van der Waals surface area (Å²) in [6.45, 7) is 5.75. The zero-order valence-electron chi connectivity index (χ0n) is 13.4. The van der Waals surface area contributed by atoms with E-state index in [0.717, 1.165) is 43.5 Å². The highest BCUT2D eigenvalue weighted by Gasteiger charge is 2.32. The van der Waals surface area contributed by atoms with Crippen LogP contribution in [0, 0.1) is 11.7 Å². The Bertz CT molecular complexity index is 560. The van der Waals surface area contributed by atoms with Gasteiger partial charge in [-0.15, -0.1) is 0 Å². The van der Waals surface area contributed by atoms with E-state index in [1.54, 1.807) is 6.07 Å². The number of carbonyl (C=O) groups is 1. The van der Waals surface area contributed by atoms with E-state index in [4.69, 9.17) is 0 Å². The minimum atomic E-state index is -0.0783. The Balaban J connectivity index is 1.73. The Kier molecular flexibility index (Phi) is 4.48. The van der Waals surface area contributed by atoms with E-state index >= 15 is 0 Å². The lowest BCUT2D eigenvalue weighted by Crippen LogP contribution is -2.40. The predicted octanol–water partition coefficient (Wildman–Crippen LogP) is 3.05. The van der Waals surface area contributed by atoms with E-state index in [-0.39, 0.29) is 17.8 Å². The molecule has 3 nitrogen and oxygen atoms in total. The topological polar surface area (TPSA) is 32.3 Å². The third-order valence-electron chi connectivity index (χ3n) is 5.17. The predicted molar refractivity (Wildman–Crippen MR) is 85.0 cm³/mol. The van der Waals surface area contributed by atoms with Gasteiger partial charge < -0.3 is 10.2 Å². The number of rotatable bonds is 3. The average Bonchev–Trinajstić information content (AvgIpc) is 2.98. The van der Waals surface area contributed by atoms with Crippen LogP contribution in [-0.4, -0.2) is 29.9 Å². The number of hydrogen-bond acceptors (Lipinski definition) is 2. The number of likely N-dealkylation sites (tertiary alicyclic amines) is 1. The van der Waals surface area contributed by atoms with Gasteiger partial charge in [0.15, 0.2) is 0 Å². The molecule has 0 radical (unpaired) electrons. The lowest BCUT2D eigenvalue weighted by Gasteiger charge is -2.34. The molecule has 4 heteroatoms. The molecule has 1 aliphatic heterocycles. The smallest absolute Gasteiger partial charge is 0.222 e. The van der Waals surface area contributed by atoms with Crippen molar-refractivity contribution in [3.8, 4) is 0 Å². The first-order valence-electron chi connectivity index (χ1n) is 8.41. The van der Waals surface area contributed by atoms with Crippen LogP contribution in [0.3, 0.4) is 0 Å². The van der Waals surface area contributed by atoms with Crippen LogP contribution in [0.1, 0.15) is 50.3 Å². The maximum absolute atomic E-state index is 14.0. The molecule has 2 aliphatic rings. The van der Waals surface area contributed by atoms with Crippen LogP contribution in [0.4, 0.5) is 4.39 Å². The second-order valence-electron chi connectivity index (χ2n) is 6.65. The first-order chi connectivity index (χ1) is 10.6. The third kappa shape index (κ3) is 2.89. The number of halogens is 1.